The van der Waals surface area contributed by atoms with Gasteiger partial charge in [-0.25, -0.2) is 0 Å². The molecule has 0 saturated carbocycles. The topological polar surface area (TPSA) is 17.1 Å². The third-order valence-electron chi connectivity index (χ3n) is 3.66. The third kappa shape index (κ3) is 6.20. The van der Waals surface area contributed by atoms with Gasteiger partial charge in [0.05, 0.1) is 0 Å². The van der Waals surface area contributed by atoms with Gasteiger partial charge < -0.3 is 0 Å². The highest BCUT2D eigenvalue weighted by Crippen LogP contribution is 2.43. The summed E-state index contributed by atoms with van der Waals surface area (Å²) < 4.78 is 80.7. The van der Waals surface area contributed by atoms with Crippen LogP contribution in [0.25, 0.3) is 0 Å². The molecule has 2 aromatic rings. The standard InChI is InChI=1S/C19H16F6OS2/c1-11-3-7-13(8-4-11)27-16(18(20,21)22)15(26)17(19(23,24)25)28-14-9-5-12(2)6-10-14/h3-10,16-17H,1-2H3. The number of hydrogen-bond acceptors (Lipinski definition) is 3. The Kier molecular flexibility index (Phi) is 7.14. The summed E-state index contributed by atoms with van der Waals surface area (Å²) in [5.74, 6) is -1.92. The molecule has 0 saturated heterocycles. The summed E-state index contributed by atoms with van der Waals surface area (Å²) in [5.41, 5.74) is 1.56. The fraction of sp³-hybridized carbons (Fsp3) is 0.316. The van der Waals surface area contributed by atoms with Gasteiger partial charge in [0.15, 0.2) is 16.3 Å². The van der Waals surface area contributed by atoms with E-state index in [2.05, 4.69) is 0 Å². The molecule has 2 unspecified atom stereocenters. The van der Waals surface area contributed by atoms with Gasteiger partial charge in [-0.2, -0.15) is 26.3 Å². The van der Waals surface area contributed by atoms with E-state index in [9.17, 15) is 31.1 Å². The van der Waals surface area contributed by atoms with Crippen LogP contribution >= 0.6 is 23.5 Å². The van der Waals surface area contributed by atoms with Crippen molar-refractivity contribution in [2.75, 3.05) is 0 Å². The highest BCUT2D eigenvalue weighted by Gasteiger charge is 2.55. The minimum absolute atomic E-state index is 0.0718. The second-order valence-electron chi connectivity index (χ2n) is 6.11. The van der Waals surface area contributed by atoms with Crippen molar-refractivity contribution in [3.05, 3.63) is 59.7 Å². The molecule has 0 aromatic heterocycles. The van der Waals surface area contributed by atoms with Gasteiger partial charge >= 0.3 is 12.4 Å². The van der Waals surface area contributed by atoms with E-state index in [1.165, 1.54) is 48.5 Å². The lowest BCUT2D eigenvalue weighted by Gasteiger charge is -2.25. The second kappa shape index (κ2) is 8.82. The maximum absolute atomic E-state index is 13.5. The maximum Gasteiger partial charge on any atom is 0.407 e. The summed E-state index contributed by atoms with van der Waals surface area (Å²) in [6, 6.07) is 11.5. The van der Waals surface area contributed by atoms with Gasteiger partial charge in [-0.3, -0.25) is 4.79 Å². The van der Waals surface area contributed by atoms with Crippen molar-refractivity contribution >= 4 is 29.3 Å². The molecular formula is C19H16F6OS2. The quantitative estimate of drug-likeness (QED) is 0.373. The van der Waals surface area contributed by atoms with E-state index in [-0.39, 0.29) is 33.3 Å². The van der Waals surface area contributed by atoms with Crippen LogP contribution < -0.4 is 0 Å². The first-order valence-corrected chi connectivity index (χ1v) is 9.77. The predicted molar refractivity (Wildman–Crippen MR) is 98.8 cm³/mol. The molecule has 28 heavy (non-hydrogen) atoms. The fourth-order valence-electron chi connectivity index (χ4n) is 2.22. The molecule has 0 spiro atoms. The first kappa shape index (κ1) is 22.7. The zero-order valence-corrected chi connectivity index (χ0v) is 16.4. The molecule has 0 heterocycles. The lowest BCUT2D eigenvalue weighted by Crippen LogP contribution is -2.45. The molecule has 0 fully saturated rings. The van der Waals surface area contributed by atoms with Crippen LogP contribution in [0.2, 0.25) is 0 Å². The molecule has 0 aliphatic rings. The Balaban J connectivity index is 2.33. The van der Waals surface area contributed by atoms with Crippen molar-refractivity contribution in [3.63, 3.8) is 0 Å². The maximum atomic E-state index is 13.5. The summed E-state index contributed by atoms with van der Waals surface area (Å²) in [4.78, 5) is 12.5. The van der Waals surface area contributed by atoms with Crippen LogP contribution in [0.4, 0.5) is 26.3 Å². The van der Waals surface area contributed by atoms with Crippen LogP contribution in [0.5, 0.6) is 0 Å². The van der Waals surface area contributed by atoms with Crippen LogP contribution in [0.15, 0.2) is 58.3 Å². The van der Waals surface area contributed by atoms with E-state index in [1.807, 2.05) is 0 Å². The molecule has 2 rings (SSSR count). The van der Waals surface area contributed by atoms with Gasteiger partial charge in [-0.05, 0) is 38.1 Å². The molecule has 2 atom stereocenters. The number of halogens is 6. The predicted octanol–water partition coefficient (Wildman–Crippen LogP) is 6.62. The molecule has 152 valence electrons. The van der Waals surface area contributed by atoms with E-state index < -0.39 is 28.6 Å². The van der Waals surface area contributed by atoms with E-state index in [0.717, 1.165) is 11.1 Å². The molecule has 0 N–H and O–H groups in total. The largest absolute Gasteiger partial charge is 0.407 e. The summed E-state index contributed by atoms with van der Waals surface area (Å²) in [6.45, 7) is 3.44. The van der Waals surface area contributed by atoms with Crippen molar-refractivity contribution in [1.82, 2.24) is 0 Å². The van der Waals surface area contributed by atoms with Crippen molar-refractivity contribution in [2.24, 2.45) is 0 Å². The Morgan fingerprint density at radius 1 is 0.679 bits per heavy atom. The number of thioether (sulfide) groups is 2. The fourth-order valence-corrected chi connectivity index (χ4v) is 4.20. The Morgan fingerprint density at radius 2 is 0.964 bits per heavy atom. The number of rotatable bonds is 6. The monoisotopic (exact) mass is 438 g/mol. The van der Waals surface area contributed by atoms with Crippen LogP contribution in [-0.2, 0) is 4.79 Å². The average Bonchev–Trinajstić information content (AvgIpc) is 2.58. The SMILES string of the molecule is Cc1ccc(SC(C(=O)C(Sc2ccc(C)cc2)C(F)(F)F)C(F)(F)F)cc1. The molecule has 2 aromatic carbocycles. The van der Waals surface area contributed by atoms with Gasteiger partial charge in [-0.15, -0.1) is 23.5 Å². The van der Waals surface area contributed by atoms with Gasteiger partial charge in [0, 0.05) is 9.79 Å². The number of carbonyl (C=O) groups excluding carboxylic acids is 1. The van der Waals surface area contributed by atoms with Crippen LogP contribution in [-0.4, -0.2) is 28.6 Å². The number of aryl methyl sites for hydroxylation is 2. The zero-order chi connectivity index (χ0) is 21.1. The first-order valence-electron chi connectivity index (χ1n) is 8.02. The summed E-state index contributed by atoms with van der Waals surface area (Å²) in [6.07, 6.45) is -10.2. The molecule has 0 radical (unpaired) electrons. The number of benzene rings is 2. The van der Waals surface area contributed by atoms with Crippen molar-refractivity contribution < 1.29 is 31.1 Å². The van der Waals surface area contributed by atoms with Crippen molar-refractivity contribution in [1.29, 1.82) is 0 Å². The van der Waals surface area contributed by atoms with Crippen LogP contribution in [0.1, 0.15) is 11.1 Å². The molecule has 0 aliphatic carbocycles. The van der Waals surface area contributed by atoms with Gasteiger partial charge in [0.2, 0.25) is 0 Å². The minimum atomic E-state index is -5.12. The Bertz CT molecular complexity index is 730. The molecular weight excluding hydrogens is 422 g/mol. The zero-order valence-electron chi connectivity index (χ0n) is 14.8. The number of ketones is 1. The number of carbonyl (C=O) groups is 1. The summed E-state index contributed by atoms with van der Waals surface area (Å²) in [7, 11) is 0. The number of hydrogen-bond donors (Lipinski definition) is 0. The van der Waals surface area contributed by atoms with Gasteiger partial charge in [0.25, 0.3) is 0 Å². The lowest BCUT2D eigenvalue weighted by atomic mass is 10.2. The van der Waals surface area contributed by atoms with E-state index in [1.54, 1.807) is 13.8 Å². The molecule has 0 bridgehead atoms. The normalized spacial score (nSPS) is 14.6. The molecule has 9 heteroatoms. The second-order valence-corrected chi connectivity index (χ2v) is 8.46. The minimum Gasteiger partial charge on any atom is -0.296 e. The smallest absolute Gasteiger partial charge is 0.296 e. The summed E-state index contributed by atoms with van der Waals surface area (Å²) >= 11 is 0.164. The number of Topliss-reactive ketones (excluding diaryl/α,β-unsaturated/α-hetero) is 1. The van der Waals surface area contributed by atoms with E-state index >= 15 is 0 Å². The Labute approximate surface area is 166 Å². The molecule has 0 amide bonds. The Morgan fingerprint density at radius 3 is 1.21 bits per heavy atom. The average molecular weight is 438 g/mol. The van der Waals surface area contributed by atoms with Crippen LogP contribution in [0, 0.1) is 13.8 Å². The summed E-state index contributed by atoms with van der Waals surface area (Å²) in [5, 5.41) is -5.64. The first-order chi connectivity index (χ1) is 12.9. The number of alkyl halides is 6. The van der Waals surface area contributed by atoms with Gasteiger partial charge in [0.1, 0.15) is 0 Å². The van der Waals surface area contributed by atoms with E-state index in [0.29, 0.717) is 0 Å². The molecule has 1 nitrogen and oxygen atoms in total. The van der Waals surface area contributed by atoms with Crippen LogP contribution in [0.3, 0.4) is 0 Å². The van der Waals surface area contributed by atoms with Crippen molar-refractivity contribution in [2.45, 2.75) is 46.5 Å². The van der Waals surface area contributed by atoms with Crippen molar-refractivity contribution in [3.8, 4) is 0 Å². The van der Waals surface area contributed by atoms with Gasteiger partial charge in [-0.1, -0.05) is 35.4 Å². The Hall–Kier alpha value is -1.61. The molecule has 0 aliphatic heterocycles. The van der Waals surface area contributed by atoms with E-state index in [4.69, 9.17) is 0 Å². The highest BCUT2D eigenvalue weighted by molar-refractivity contribution is 8.02. The third-order valence-corrected chi connectivity index (χ3v) is 6.22. The highest BCUT2D eigenvalue weighted by atomic mass is 32.2. The lowest BCUT2D eigenvalue weighted by molar-refractivity contribution is -0.164.